The molecule has 0 fully saturated rings. The van der Waals surface area contributed by atoms with Crippen molar-refractivity contribution in [3.63, 3.8) is 0 Å². The molecule has 5 nitrogen and oxygen atoms in total. The fourth-order valence-corrected chi connectivity index (χ4v) is 1.92. The lowest BCUT2D eigenvalue weighted by Crippen LogP contribution is -2.47. The third-order valence-corrected chi connectivity index (χ3v) is 2.69. The molecular formula is C14H23N3O2. The molecule has 0 aliphatic rings. The van der Waals surface area contributed by atoms with Gasteiger partial charge in [-0.25, -0.2) is 0 Å². The van der Waals surface area contributed by atoms with Crippen molar-refractivity contribution in [2.45, 2.75) is 25.4 Å². The number of aromatic nitrogens is 1. The number of hydrogen-bond acceptors (Lipinski definition) is 4. The summed E-state index contributed by atoms with van der Waals surface area (Å²) in [7, 11) is 3.78. The van der Waals surface area contributed by atoms with E-state index in [0.29, 0.717) is 19.4 Å². The van der Waals surface area contributed by atoms with Crippen LogP contribution < -0.4 is 5.32 Å². The van der Waals surface area contributed by atoms with Crippen molar-refractivity contribution in [1.29, 1.82) is 0 Å². The van der Waals surface area contributed by atoms with E-state index in [1.54, 1.807) is 19.3 Å². The van der Waals surface area contributed by atoms with E-state index >= 15 is 0 Å². The highest BCUT2D eigenvalue weighted by Crippen LogP contribution is 2.04. The summed E-state index contributed by atoms with van der Waals surface area (Å²) in [6.07, 6.45) is 4.54. The van der Waals surface area contributed by atoms with Crippen LogP contribution in [-0.4, -0.2) is 53.7 Å². The zero-order valence-corrected chi connectivity index (χ0v) is 11.9. The van der Waals surface area contributed by atoms with Crippen LogP contribution in [0.25, 0.3) is 0 Å². The fourth-order valence-electron chi connectivity index (χ4n) is 1.92. The van der Waals surface area contributed by atoms with Gasteiger partial charge in [-0.1, -0.05) is 6.07 Å². The summed E-state index contributed by atoms with van der Waals surface area (Å²) in [6, 6.07) is 3.80. The molecule has 1 aromatic rings. The molecule has 1 aromatic heterocycles. The average Bonchev–Trinajstić information content (AvgIpc) is 2.34. The third kappa shape index (κ3) is 6.88. The first-order valence-corrected chi connectivity index (χ1v) is 6.42. The minimum Gasteiger partial charge on any atom is -0.387 e. The lowest BCUT2D eigenvalue weighted by atomic mass is 10.1. The average molecular weight is 265 g/mol. The molecule has 0 saturated carbocycles. The third-order valence-electron chi connectivity index (χ3n) is 2.69. The first-order chi connectivity index (χ1) is 8.89. The van der Waals surface area contributed by atoms with Gasteiger partial charge in [0.05, 0.1) is 5.60 Å². The number of likely N-dealkylation sites (N-methyl/N-ethyl adjacent to an activating group) is 1. The standard InChI is InChI=1S/C14H23N3O2/c1-14(19,11-17(2)3)10-16-13(18)7-6-12-5-4-8-15-9-12/h4-5,8-9,19H,6-7,10-11H2,1-3H3,(H,16,18). The molecule has 0 bridgehead atoms. The number of rotatable bonds is 7. The van der Waals surface area contributed by atoms with Crippen LogP contribution >= 0.6 is 0 Å². The SMILES string of the molecule is CN(C)CC(C)(O)CNC(=O)CCc1cccnc1. The van der Waals surface area contributed by atoms with Gasteiger partial charge in [-0.05, 0) is 39.1 Å². The maximum absolute atomic E-state index is 11.7. The second kappa shape index (κ2) is 7.21. The monoisotopic (exact) mass is 265 g/mol. The minimum atomic E-state index is -0.909. The van der Waals surface area contributed by atoms with Crippen molar-refractivity contribution < 1.29 is 9.90 Å². The molecule has 0 aliphatic heterocycles. The molecule has 0 aliphatic carbocycles. The Hall–Kier alpha value is -1.46. The van der Waals surface area contributed by atoms with Crippen LogP contribution in [0.5, 0.6) is 0 Å². The van der Waals surface area contributed by atoms with Gasteiger partial charge in [-0.2, -0.15) is 0 Å². The van der Waals surface area contributed by atoms with Crippen molar-refractivity contribution in [2.75, 3.05) is 27.2 Å². The van der Waals surface area contributed by atoms with Crippen LogP contribution in [0.4, 0.5) is 0 Å². The number of nitrogens with one attached hydrogen (secondary N) is 1. The topological polar surface area (TPSA) is 65.5 Å². The smallest absolute Gasteiger partial charge is 0.220 e. The Labute approximate surface area is 114 Å². The van der Waals surface area contributed by atoms with Crippen molar-refractivity contribution in [3.05, 3.63) is 30.1 Å². The molecule has 2 N–H and O–H groups in total. The summed E-state index contributed by atoms with van der Waals surface area (Å²) in [6.45, 7) is 2.49. The molecule has 1 heterocycles. The molecule has 106 valence electrons. The molecular weight excluding hydrogens is 242 g/mol. The first kappa shape index (κ1) is 15.6. The minimum absolute atomic E-state index is 0.0529. The summed E-state index contributed by atoms with van der Waals surface area (Å²) in [5.74, 6) is -0.0529. The Kier molecular flexibility index (Phi) is 5.92. The van der Waals surface area contributed by atoms with E-state index in [1.165, 1.54) is 0 Å². The Balaban J connectivity index is 2.28. The second-order valence-corrected chi connectivity index (χ2v) is 5.37. The zero-order valence-electron chi connectivity index (χ0n) is 11.9. The number of carbonyl (C=O) groups is 1. The largest absolute Gasteiger partial charge is 0.387 e. The quantitative estimate of drug-likeness (QED) is 0.751. The molecule has 1 rings (SSSR count). The Morgan fingerprint density at radius 1 is 1.53 bits per heavy atom. The molecule has 1 amide bonds. The van der Waals surface area contributed by atoms with Crippen LogP contribution in [0.1, 0.15) is 18.9 Å². The maximum Gasteiger partial charge on any atom is 0.220 e. The van der Waals surface area contributed by atoms with Gasteiger partial charge < -0.3 is 15.3 Å². The first-order valence-electron chi connectivity index (χ1n) is 6.42. The Bertz CT molecular complexity index is 391. The Morgan fingerprint density at radius 3 is 2.84 bits per heavy atom. The maximum atomic E-state index is 11.7. The normalized spacial score (nSPS) is 14.2. The number of amides is 1. The lowest BCUT2D eigenvalue weighted by molar-refractivity contribution is -0.122. The molecule has 0 aromatic carbocycles. The zero-order chi connectivity index (χ0) is 14.3. The van der Waals surface area contributed by atoms with Crippen LogP contribution in [0.3, 0.4) is 0 Å². The number of hydrogen-bond donors (Lipinski definition) is 2. The van der Waals surface area contributed by atoms with Crippen molar-refractivity contribution >= 4 is 5.91 Å². The number of carbonyl (C=O) groups excluding carboxylic acids is 1. The molecule has 0 spiro atoms. The van der Waals surface area contributed by atoms with Gasteiger partial charge >= 0.3 is 0 Å². The van der Waals surface area contributed by atoms with Crippen LogP contribution in [0, 0.1) is 0 Å². The number of aryl methyl sites for hydroxylation is 1. The lowest BCUT2D eigenvalue weighted by Gasteiger charge is -2.27. The van der Waals surface area contributed by atoms with Gasteiger partial charge in [-0.3, -0.25) is 9.78 Å². The summed E-state index contributed by atoms with van der Waals surface area (Å²) in [4.78, 5) is 17.6. The number of pyridine rings is 1. The van der Waals surface area contributed by atoms with Gasteiger partial charge in [0, 0.05) is 31.9 Å². The highest BCUT2D eigenvalue weighted by Gasteiger charge is 2.21. The van der Waals surface area contributed by atoms with Crippen molar-refractivity contribution in [3.8, 4) is 0 Å². The molecule has 1 atom stereocenters. The molecule has 5 heteroatoms. The summed E-state index contributed by atoms with van der Waals surface area (Å²) < 4.78 is 0. The molecule has 0 radical (unpaired) electrons. The van der Waals surface area contributed by atoms with E-state index in [4.69, 9.17) is 0 Å². The predicted molar refractivity (Wildman–Crippen MR) is 74.7 cm³/mol. The van der Waals surface area contributed by atoms with Crippen LogP contribution in [0.2, 0.25) is 0 Å². The number of aliphatic hydroxyl groups is 1. The highest BCUT2D eigenvalue weighted by atomic mass is 16.3. The van der Waals surface area contributed by atoms with E-state index in [-0.39, 0.29) is 12.5 Å². The number of nitrogens with zero attached hydrogens (tertiary/aromatic N) is 2. The van der Waals surface area contributed by atoms with Gasteiger partial charge in [0.15, 0.2) is 0 Å². The predicted octanol–water partition coefficient (Wildman–Crippen LogP) is 0.443. The summed E-state index contributed by atoms with van der Waals surface area (Å²) in [5, 5.41) is 12.8. The summed E-state index contributed by atoms with van der Waals surface area (Å²) in [5.41, 5.74) is 0.130. The van der Waals surface area contributed by atoms with E-state index < -0.39 is 5.60 Å². The van der Waals surface area contributed by atoms with E-state index in [1.807, 2.05) is 31.1 Å². The van der Waals surface area contributed by atoms with E-state index in [2.05, 4.69) is 10.3 Å². The molecule has 19 heavy (non-hydrogen) atoms. The molecule has 0 saturated heterocycles. The van der Waals surface area contributed by atoms with Crippen LogP contribution in [0.15, 0.2) is 24.5 Å². The second-order valence-electron chi connectivity index (χ2n) is 5.37. The van der Waals surface area contributed by atoms with Crippen molar-refractivity contribution in [2.24, 2.45) is 0 Å². The van der Waals surface area contributed by atoms with Gasteiger partial charge in [0.25, 0.3) is 0 Å². The summed E-state index contributed by atoms with van der Waals surface area (Å²) >= 11 is 0. The fraction of sp³-hybridized carbons (Fsp3) is 0.571. The van der Waals surface area contributed by atoms with Gasteiger partial charge in [0.1, 0.15) is 0 Å². The van der Waals surface area contributed by atoms with Crippen LogP contribution in [-0.2, 0) is 11.2 Å². The Morgan fingerprint density at radius 2 is 2.26 bits per heavy atom. The molecule has 1 unspecified atom stereocenters. The van der Waals surface area contributed by atoms with E-state index in [0.717, 1.165) is 5.56 Å². The highest BCUT2D eigenvalue weighted by molar-refractivity contribution is 5.76. The van der Waals surface area contributed by atoms with Gasteiger partial charge in [-0.15, -0.1) is 0 Å². The van der Waals surface area contributed by atoms with Gasteiger partial charge in [0.2, 0.25) is 5.91 Å². The van der Waals surface area contributed by atoms with E-state index in [9.17, 15) is 9.90 Å². The van der Waals surface area contributed by atoms with Crippen molar-refractivity contribution in [1.82, 2.24) is 15.2 Å².